The van der Waals surface area contributed by atoms with Gasteiger partial charge in [0.15, 0.2) is 0 Å². The van der Waals surface area contributed by atoms with E-state index in [1.54, 1.807) is 0 Å². The van der Waals surface area contributed by atoms with E-state index in [4.69, 9.17) is 12.8 Å². The zero-order valence-corrected chi connectivity index (χ0v) is 12.1. The molecule has 0 saturated heterocycles. The molecule has 0 saturated carbocycles. The van der Waals surface area contributed by atoms with E-state index < -0.39 is 0 Å². The predicted molar refractivity (Wildman–Crippen MR) is 93.2 cm³/mol. The van der Waals surface area contributed by atoms with Crippen molar-refractivity contribution in [2.75, 3.05) is 0 Å². The molecular formula is C22H14. The lowest BCUT2D eigenvalue weighted by Gasteiger charge is -2.10. The summed E-state index contributed by atoms with van der Waals surface area (Å²) in [6.07, 6.45) is 10.8. The summed E-state index contributed by atoms with van der Waals surface area (Å²) in [4.78, 5) is 0. The van der Waals surface area contributed by atoms with E-state index in [9.17, 15) is 0 Å². The first-order valence-corrected chi connectivity index (χ1v) is 7.05. The van der Waals surface area contributed by atoms with Crippen molar-refractivity contribution in [3.63, 3.8) is 0 Å². The molecule has 0 aliphatic rings. The highest BCUT2D eigenvalue weighted by Crippen LogP contribution is 2.32. The molecule has 0 fully saturated rings. The first-order valence-electron chi connectivity index (χ1n) is 7.05. The van der Waals surface area contributed by atoms with Crippen LogP contribution in [0.2, 0.25) is 0 Å². The first kappa shape index (κ1) is 13.7. The zero-order chi connectivity index (χ0) is 15.4. The van der Waals surface area contributed by atoms with Gasteiger partial charge in [0.05, 0.1) is 0 Å². The summed E-state index contributed by atoms with van der Waals surface area (Å²) in [5.74, 6) is 5.29. The summed E-state index contributed by atoms with van der Waals surface area (Å²) in [6.45, 7) is 0. The van der Waals surface area contributed by atoms with Gasteiger partial charge in [-0.25, -0.2) is 0 Å². The van der Waals surface area contributed by atoms with Crippen LogP contribution in [0.15, 0.2) is 72.8 Å². The number of terminal acetylenes is 2. The number of hydrogen-bond acceptors (Lipinski definition) is 0. The summed E-state index contributed by atoms with van der Waals surface area (Å²) in [5.41, 5.74) is 6.43. The lowest BCUT2D eigenvalue weighted by Crippen LogP contribution is -1.86. The molecule has 0 aliphatic heterocycles. The lowest BCUT2D eigenvalue weighted by atomic mass is 9.94. The monoisotopic (exact) mass is 278 g/mol. The van der Waals surface area contributed by atoms with E-state index in [0.29, 0.717) is 0 Å². The topological polar surface area (TPSA) is 0 Å². The van der Waals surface area contributed by atoms with E-state index in [1.165, 1.54) is 11.1 Å². The van der Waals surface area contributed by atoms with E-state index in [-0.39, 0.29) is 0 Å². The SMILES string of the molecule is C#Cc1ccc(-c2ccccc2-c2ccc(C#C)cc2)cc1. The van der Waals surface area contributed by atoms with E-state index in [0.717, 1.165) is 22.3 Å². The van der Waals surface area contributed by atoms with Crippen molar-refractivity contribution in [1.29, 1.82) is 0 Å². The molecule has 3 aromatic rings. The van der Waals surface area contributed by atoms with Gasteiger partial charge in [-0.15, -0.1) is 12.8 Å². The van der Waals surface area contributed by atoms with Gasteiger partial charge in [-0.2, -0.15) is 0 Å². The molecule has 0 N–H and O–H groups in total. The van der Waals surface area contributed by atoms with Crippen molar-refractivity contribution in [3.05, 3.63) is 83.9 Å². The molecule has 0 heterocycles. The third kappa shape index (κ3) is 2.64. The van der Waals surface area contributed by atoms with Gasteiger partial charge < -0.3 is 0 Å². The molecule has 0 aliphatic carbocycles. The maximum Gasteiger partial charge on any atom is 0.0243 e. The lowest BCUT2D eigenvalue weighted by molar-refractivity contribution is 1.56. The van der Waals surface area contributed by atoms with Gasteiger partial charge in [-0.1, -0.05) is 60.4 Å². The van der Waals surface area contributed by atoms with Crippen LogP contribution in [0.25, 0.3) is 22.3 Å². The van der Waals surface area contributed by atoms with Crippen molar-refractivity contribution in [2.45, 2.75) is 0 Å². The van der Waals surface area contributed by atoms with Crippen molar-refractivity contribution in [1.82, 2.24) is 0 Å². The largest absolute Gasteiger partial charge is 0.115 e. The van der Waals surface area contributed by atoms with Gasteiger partial charge in [0.1, 0.15) is 0 Å². The van der Waals surface area contributed by atoms with Crippen LogP contribution in [0.3, 0.4) is 0 Å². The second-order valence-electron chi connectivity index (χ2n) is 4.99. The zero-order valence-electron chi connectivity index (χ0n) is 12.1. The highest BCUT2D eigenvalue weighted by molar-refractivity contribution is 5.83. The number of rotatable bonds is 2. The third-order valence-corrected chi connectivity index (χ3v) is 3.65. The van der Waals surface area contributed by atoms with Crippen LogP contribution in [0.1, 0.15) is 11.1 Å². The second-order valence-corrected chi connectivity index (χ2v) is 4.99. The molecule has 0 nitrogen and oxygen atoms in total. The fourth-order valence-electron chi connectivity index (χ4n) is 2.48. The van der Waals surface area contributed by atoms with Gasteiger partial charge in [-0.05, 0) is 46.5 Å². The van der Waals surface area contributed by atoms with Crippen molar-refractivity contribution in [2.24, 2.45) is 0 Å². The summed E-state index contributed by atoms with van der Waals surface area (Å²) >= 11 is 0. The highest BCUT2D eigenvalue weighted by atomic mass is 14.1. The minimum absolute atomic E-state index is 0.889. The molecule has 0 radical (unpaired) electrons. The molecule has 0 heteroatoms. The summed E-state index contributed by atoms with van der Waals surface area (Å²) < 4.78 is 0. The van der Waals surface area contributed by atoms with Gasteiger partial charge in [0.25, 0.3) is 0 Å². The Balaban J connectivity index is 2.09. The molecule has 0 unspecified atom stereocenters. The minimum Gasteiger partial charge on any atom is -0.115 e. The van der Waals surface area contributed by atoms with Crippen LogP contribution in [-0.2, 0) is 0 Å². The molecule has 0 amide bonds. The molecular weight excluding hydrogens is 264 g/mol. The van der Waals surface area contributed by atoms with Crippen LogP contribution in [0.4, 0.5) is 0 Å². The molecule has 0 atom stereocenters. The average molecular weight is 278 g/mol. The molecule has 0 spiro atoms. The van der Waals surface area contributed by atoms with E-state index in [2.05, 4.69) is 48.2 Å². The Morgan fingerprint density at radius 2 is 0.864 bits per heavy atom. The maximum atomic E-state index is 5.42. The Hall–Kier alpha value is -3.22. The van der Waals surface area contributed by atoms with Crippen LogP contribution >= 0.6 is 0 Å². The van der Waals surface area contributed by atoms with Crippen LogP contribution < -0.4 is 0 Å². The first-order chi connectivity index (χ1) is 10.8. The quantitative estimate of drug-likeness (QED) is 0.580. The summed E-state index contributed by atoms with van der Waals surface area (Å²) in [5, 5.41) is 0. The van der Waals surface area contributed by atoms with Gasteiger partial charge in [-0.3, -0.25) is 0 Å². The molecule has 0 bridgehead atoms. The number of hydrogen-bond donors (Lipinski definition) is 0. The molecule has 22 heavy (non-hydrogen) atoms. The molecule has 3 aromatic carbocycles. The molecule has 3 rings (SSSR count). The van der Waals surface area contributed by atoms with Crippen LogP contribution in [0, 0.1) is 24.7 Å². The standard InChI is InChI=1S/C22H14/c1-3-17-9-13-19(14-10-17)21-7-5-6-8-22(21)20-15-11-18(4-2)12-16-20/h1-2,5-16H. The Bertz CT molecular complexity index is 791. The third-order valence-electron chi connectivity index (χ3n) is 3.65. The van der Waals surface area contributed by atoms with Crippen LogP contribution in [-0.4, -0.2) is 0 Å². The smallest absolute Gasteiger partial charge is 0.0243 e. The maximum absolute atomic E-state index is 5.42. The fourth-order valence-corrected chi connectivity index (χ4v) is 2.48. The van der Waals surface area contributed by atoms with Crippen molar-refractivity contribution < 1.29 is 0 Å². The van der Waals surface area contributed by atoms with Gasteiger partial charge >= 0.3 is 0 Å². The highest BCUT2D eigenvalue weighted by Gasteiger charge is 2.06. The van der Waals surface area contributed by atoms with E-state index in [1.807, 2.05) is 36.4 Å². The summed E-state index contributed by atoms with van der Waals surface area (Å²) in [7, 11) is 0. The number of benzene rings is 3. The Labute approximate surface area is 131 Å². The Morgan fingerprint density at radius 1 is 0.500 bits per heavy atom. The predicted octanol–water partition coefficient (Wildman–Crippen LogP) is 4.98. The average Bonchev–Trinajstić information content (AvgIpc) is 2.62. The Morgan fingerprint density at radius 3 is 1.18 bits per heavy atom. The van der Waals surface area contributed by atoms with Crippen LogP contribution in [0.5, 0.6) is 0 Å². The van der Waals surface area contributed by atoms with Gasteiger partial charge in [0, 0.05) is 11.1 Å². The van der Waals surface area contributed by atoms with E-state index >= 15 is 0 Å². The summed E-state index contributed by atoms with van der Waals surface area (Å²) in [6, 6.07) is 24.4. The van der Waals surface area contributed by atoms with Gasteiger partial charge in [0.2, 0.25) is 0 Å². The second kappa shape index (κ2) is 6.04. The fraction of sp³-hybridized carbons (Fsp3) is 0. The molecule has 0 aromatic heterocycles. The van der Waals surface area contributed by atoms with Crippen molar-refractivity contribution in [3.8, 4) is 46.9 Å². The molecule has 102 valence electrons. The minimum atomic E-state index is 0.889. The normalized spacial score (nSPS) is 9.73. The van der Waals surface area contributed by atoms with Crippen molar-refractivity contribution >= 4 is 0 Å². The Kier molecular flexibility index (Phi) is 3.78.